The van der Waals surface area contributed by atoms with Gasteiger partial charge >= 0.3 is 5.97 Å². The second kappa shape index (κ2) is 12.3. The molecule has 19 heavy (non-hydrogen) atoms. The molecular weight excluding hydrogens is 256 g/mol. The molecule has 2 atom stereocenters. The van der Waals surface area contributed by atoms with Crippen LogP contribution in [0.25, 0.3) is 0 Å². The van der Waals surface area contributed by atoms with E-state index in [1.54, 1.807) is 13.8 Å². The molecule has 0 radical (unpaired) electrons. The summed E-state index contributed by atoms with van der Waals surface area (Å²) in [6.45, 7) is 2.68. The van der Waals surface area contributed by atoms with Crippen LogP contribution < -0.4 is 0 Å². The Hall–Kier alpha value is -0.730. The number of aliphatic hydroxyl groups is 5. The highest BCUT2D eigenvalue weighted by Gasteiger charge is 2.25. The van der Waals surface area contributed by atoms with Crippen molar-refractivity contribution in [3.63, 3.8) is 0 Å². The molecule has 0 amide bonds. The zero-order valence-electron chi connectivity index (χ0n) is 11.4. The molecular formula is C12H26O7. The van der Waals surface area contributed by atoms with Crippen molar-refractivity contribution in [2.24, 2.45) is 17.8 Å². The molecule has 0 saturated heterocycles. The van der Waals surface area contributed by atoms with Gasteiger partial charge in [0.15, 0.2) is 6.29 Å². The highest BCUT2D eigenvalue weighted by atomic mass is 16.5. The van der Waals surface area contributed by atoms with Gasteiger partial charge in [-0.1, -0.05) is 13.8 Å². The van der Waals surface area contributed by atoms with E-state index >= 15 is 0 Å². The van der Waals surface area contributed by atoms with Crippen molar-refractivity contribution in [1.82, 2.24) is 0 Å². The SMILES string of the molecule is CC(C)C(=O)O.OCCCC(CO)C(CO)C(O)O. The van der Waals surface area contributed by atoms with Crippen LogP contribution >= 0.6 is 0 Å². The molecule has 7 heteroatoms. The molecule has 6 N–H and O–H groups in total. The van der Waals surface area contributed by atoms with E-state index in [0.717, 1.165) is 0 Å². The van der Waals surface area contributed by atoms with Gasteiger partial charge in [0.25, 0.3) is 0 Å². The Morgan fingerprint density at radius 2 is 1.53 bits per heavy atom. The van der Waals surface area contributed by atoms with Crippen molar-refractivity contribution < 1.29 is 35.4 Å². The molecule has 0 spiro atoms. The van der Waals surface area contributed by atoms with Crippen molar-refractivity contribution in [2.45, 2.75) is 33.0 Å². The van der Waals surface area contributed by atoms with E-state index in [2.05, 4.69) is 0 Å². The van der Waals surface area contributed by atoms with E-state index in [0.29, 0.717) is 12.8 Å². The van der Waals surface area contributed by atoms with Gasteiger partial charge in [0.05, 0.1) is 12.5 Å². The third-order valence-corrected chi connectivity index (χ3v) is 2.66. The van der Waals surface area contributed by atoms with Crippen LogP contribution in [0.4, 0.5) is 0 Å². The smallest absolute Gasteiger partial charge is 0.305 e. The first-order valence-corrected chi connectivity index (χ1v) is 6.23. The summed E-state index contributed by atoms with van der Waals surface area (Å²) in [6, 6.07) is 0. The molecule has 0 saturated carbocycles. The van der Waals surface area contributed by atoms with Crippen LogP contribution in [0.2, 0.25) is 0 Å². The molecule has 0 aromatic carbocycles. The maximum Gasteiger partial charge on any atom is 0.305 e. The highest BCUT2D eigenvalue weighted by Crippen LogP contribution is 2.19. The summed E-state index contributed by atoms with van der Waals surface area (Å²) in [5, 5.41) is 51.9. The van der Waals surface area contributed by atoms with Gasteiger partial charge in [-0.3, -0.25) is 4.79 Å². The zero-order valence-corrected chi connectivity index (χ0v) is 11.4. The van der Waals surface area contributed by atoms with E-state index in [-0.39, 0.29) is 31.7 Å². The lowest BCUT2D eigenvalue weighted by molar-refractivity contribution is -0.140. The molecule has 0 fully saturated rings. The summed E-state index contributed by atoms with van der Waals surface area (Å²) >= 11 is 0. The van der Waals surface area contributed by atoms with Crippen molar-refractivity contribution in [3.05, 3.63) is 0 Å². The zero-order chi connectivity index (χ0) is 15.4. The largest absolute Gasteiger partial charge is 0.481 e. The first-order valence-electron chi connectivity index (χ1n) is 6.23. The second-order valence-electron chi connectivity index (χ2n) is 4.56. The van der Waals surface area contributed by atoms with E-state index < -0.39 is 18.2 Å². The normalized spacial score (nSPS) is 13.9. The van der Waals surface area contributed by atoms with Gasteiger partial charge in [0.2, 0.25) is 0 Å². The summed E-state index contributed by atoms with van der Waals surface area (Å²) in [5.41, 5.74) is 0. The lowest BCUT2D eigenvalue weighted by Gasteiger charge is -2.24. The van der Waals surface area contributed by atoms with Crippen LogP contribution in [0.3, 0.4) is 0 Å². The van der Waals surface area contributed by atoms with Crippen LogP contribution in [0.5, 0.6) is 0 Å². The van der Waals surface area contributed by atoms with Crippen LogP contribution in [-0.4, -0.2) is 62.7 Å². The van der Waals surface area contributed by atoms with Crippen LogP contribution in [-0.2, 0) is 4.79 Å². The lowest BCUT2D eigenvalue weighted by Crippen LogP contribution is -2.33. The summed E-state index contributed by atoms with van der Waals surface area (Å²) in [4.78, 5) is 9.70. The average molecular weight is 282 g/mol. The van der Waals surface area contributed by atoms with Crippen molar-refractivity contribution in [1.29, 1.82) is 0 Å². The van der Waals surface area contributed by atoms with E-state index in [1.165, 1.54) is 0 Å². The van der Waals surface area contributed by atoms with Gasteiger partial charge in [-0.15, -0.1) is 0 Å². The Morgan fingerprint density at radius 1 is 1.05 bits per heavy atom. The van der Waals surface area contributed by atoms with Crippen LogP contribution in [0, 0.1) is 17.8 Å². The number of carboxylic acid groups (broad SMARTS) is 1. The maximum atomic E-state index is 9.70. The quantitative estimate of drug-likeness (QED) is 0.314. The number of carbonyl (C=O) groups is 1. The molecule has 0 rings (SSSR count). The predicted octanol–water partition coefficient (Wildman–Crippen LogP) is -0.986. The molecule has 0 aliphatic carbocycles. The van der Waals surface area contributed by atoms with Crippen molar-refractivity contribution in [3.8, 4) is 0 Å². The fourth-order valence-corrected chi connectivity index (χ4v) is 1.28. The molecule has 0 aliphatic heterocycles. The van der Waals surface area contributed by atoms with Crippen LogP contribution in [0.1, 0.15) is 26.7 Å². The molecule has 2 unspecified atom stereocenters. The second-order valence-corrected chi connectivity index (χ2v) is 4.56. The minimum Gasteiger partial charge on any atom is -0.481 e. The summed E-state index contributed by atoms with van der Waals surface area (Å²) in [5.74, 6) is -2.09. The van der Waals surface area contributed by atoms with Gasteiger partial charge in [0, 0.05) is 19.1 Å². The molecule has 0 bridgehead atoms. The molecule has 0 heterocycles. The predicted molar refractivity (Wildman–Crippen MR) is 68.2 cm³/mol. The Kier molecular flexibility index (Phi) is 13.3. The number of aliphatic carboxylic acids is 1. The minimum absolute atomic E-state index is 0.00380. The summed E-state index contributed by atoms with van der Waals surface area (Å²) in [6.07, 6.45) is -0.676. The van der Waals surface area contributed by atoms with Gasteiger partial charge in [0.1, 0.15) is 0 Å². The van der Waals surface area contributed by atoms with Gasteiger partial charge in [-0.05, 0) is 18.8 Å². The van der Waals surface area contributed by atoms with Gasteiger partial charge < -0.3 is 30.6 Å². The first kappa shape index (κ1) is 20.6. The number of hydrogen-bond donors (Lipinski definition) is 6. The molecule has 116 valence electrons. The van der Waals surface area contributed by atoms with E-state index in [1.807, 2.05) is 0 Å². The third-order valence-electron chi connectivity index (χ3n) is 2.66. The number of rotatable bonds is 8. The fourth-order valence-electron chi connectivity index (χ4n) is 1.28. The standard InChI is InChI=1S/C8H18O5.C4H8O2/c9-3-1-2-6(4-10)7(5-11)8(12)13;1-3(2)4(5)6/h6-13H,1-5H2;3H,1-2H3,(H,5,6). The van der Waals surface area contributed by atoms with E-state index in [9.17, 15) is 4.79 Å². The van der Waals surface area contributed by atoms with Crippen molar-refractivity contribution in [2.75, 3.05) is 19.8 Å². The lowest BCUT2D eigenvalue weighted by atomic mass is 9.89. The number of hydrogen-bond acceptors (Lipinski definition) is 6. The van der Waals surface area contributed by atoms with E-state index in [4.69, 9.17) is 30.6 Å². The Labute approximate surface area is 113 Å². The summed E-state index contributed by atoms with van der Waals surface area (Å²) < 4.78 is 0. The molecule has 7 nitrogen and oxygen atoms in total. The van der Waals surface area contributed by atoms with Crippen LogP contribution in [0.15, 0.2) is 0 Å². The monoisotopic (exact) mass is 282 g/mol. The topological polar surface area (TPSA) is 138 Å². The van der Waals surface area contributed by atoms with Crippen molar-refractivity contribution >= 4 is 5.97 Å². The molecule has 0 aliphatic rings. The maximum absolute atomic E-state index is 9.70. The average Bonchev–Trinajstić information content (AvgIpc) is 2.34. The Morgan fingerprint density at radius 3 is 1.74 bits per heavy atom. The Bertz CT molecular complexity index is 218. The molecule has 0 aromatic rings. The minimum atomic E-state index is -1.62. The molecule has 0 aromatic heterocycles. The number of carboxylic acids is 1. The summed E-state index contributed by atoms with van der Waals surface area (Å²) in [7, 11) is 0. The highest BCUT2D eigenvalue weighted by molar-refractivity contribution is 5.68. The van der Waals surface area contributed by atoms with Gasteiger partial charge in [-0.2, -0.15) is 0 Å². The Balaban J connectivity index is 0. The first-order chi connectivity index (χ1) is 8.81. The fraction of sp³-hybridized carbons (Fsp3) is 0.917. The number of aliphatic hydroxyl groups excluding tert-OH is 4. The third kappa shape index (κ3) is 10.8. The van der Waals surface area contributed by atoms with Gasteiger partial charge in [-0.25, -0.2) is 0 Å².